The average Bonchev–Trinajstić information content (AvgIpc) is 2.87. The van der Waals surface area contributed by atoms with Crippen LogP contribution in [-0.4, -0.2) is 38.5 Å². The molecule has 0 bridgehead atoms. The van der Waals surface area contributed by atoms with Crippen LogP contribution in [0.15, 0.2) is 24.4 Å². The second-order valence-corrected chi connectivity index (χ2v) is 4.52. The third-order valence-corrected chi connectivity index (χ3v) is 2.90. The number of hydrogen-bond donors (Lipinski definition) is 3. The van der Waals surface area contributed by atoms with Gasteiger partial charge in [-0.3, -0.25) is 9.48 Å². The molecule has 1 amide bonds. The van der Waals surface area contributed by atoms with Crippen molar-refractivity contribution in [2.24, 2.45) is 5.73 Å². The predicted octanol–water partition coefficient (Wildman–Crippen LogP) is 0.841. The summed E-state index contributed by atoms with van der Waals surface area (Å²) in [5, 5.41) is 18.9. The van der Waals surface area contributed by atoms with Crippen molar-refractivity contribution in [1.29, 1.82) is 0 Å². The van der Waals surface area contributed by atoms with Crippen molar-refractivity contribution in [2.75, 3.05) is 11.9 Å². The van der Waals surface area contributed by atoms with Crippen LogP contribution in [0.5, 0.6) is 0 Å². The fourth-order valence-corrected chi connectivity index (χ4v) is 1.87. The molecule has 2 rings (SSSR count). The molecule has 1 aromatic carbocycles. The molecule has 0 saturated heterocycles. The fraction of sp³-hybridized carbons (Fsp3) is 0.167. The topological polar surface area (TPSA) is 123 Å². The SMILES string of the molecule is NCCn1cc(C(=O)Nc2ccc(C(=O)O)c(Cl)c2)nn1. The molecular formula is C12H12ClN5O3. The van der Waals surface area contributed by atoms with E-state index in [0.29, 0.717) is 18.8 Å². The molecule has 21 heavy (non-hydrogen) atoms. The maximum Gasteiger partial charge on any atom is 0.337 e. The Morgan fingerprint density at radius 3 is 2.81 bits per heavy atom. The number of nitrogens with two attached hydrogens (primary N) is 1. The summed E-state index contributed by atoms with van der Waals surface area (Å²) >= 11 is 5.82. The Kier molecular flexibility index (Phi) is 4.51. The molecule has 0 spiro atoms. The number of carbonyl (C=O) groups is 2. The molecule has 8 nitrogen and oxygen atoms in total. The summed E-state index contributed by atoms with van der Waals surface area (Å²) in [5.74, 6) is -1.61. The predicted molar refractivity (Wildman–Crippen MR) is 75.4 cm³/mol. The van der Waals surface area contributed by atoms with Gasteiger partial charge in [0.05, 0.1) is 23.3 Å². The second-order valence-electron chi connectivity index (χ2n) is 4.11. The van der Waals surface area contributed by atoms with Crippen LogP contribution in [-0.2, 0) is 6.54 Å². The molecule has 110 valence electrons. The van der Waals surface area contributed by atoms with E-state index in [9.17, 15) is 9.59 Å². The lowest BCUT2D eigenvalue weighted by Crippen LogP contribution is -2.13. The monoisotopic (exact) mass is 309 g/mol. The van der Waals surface area contributed by atoms with Gasteiger partial charge in [-0.05, 0) is 18.2 Å². The minimum absolute atomic E-state index is 0.0343. The Balaban J connectivity index is 2.11. The number of anilines is 1. The summed E-state index contributed by atoms with van der Waals surface area (Å²) in [6, 6.07) is 4.11. The van der Waals surface area contributed by atoms with Crippen LogP contribution in [0.4, 0.5) is 5.69 Å². The minimum atomic E-state index is -1.14. The van der Waals surface area contributed by atoms with Crippen LogP contribution in [0.2, 0.25) is 5.02 Å². The standard InChI is InChI=1S/C12H12ClN5O3/c13-9-5-7(1-2-8(9)12(20)21)15-11(19)10-6-18(4-3-14)17-16-10/h1-2,5-6H,3-4,14H2,(H,15,19)(H,20,21). The number of carboxylic acid groups (broad SMARTS) is 1. The van der Waals surface area contributed by atoms with Crippen molar-refractivity contribution >= 4 is 29.2 Å². The first kappa shape index (κ1) is 14.9. The molecule has 9 heteroatoms. The normalized spacial score (nSPS) is 10.4. The second kappa shape index (κ2) is 6.33. The van der Waals surface area contributed by atoms with E-state index in [1.807, 2.05) is 0 Å². The van der Waals surface area contributed by atoms with Gasteiger partial charge in [0.2, 0.25) is 0 Å². The maximum atomic E-state index is 11.9. The fourth-order valence-electron chi connectivity index (χ4n) is 1.61. The summed E-state index contributed by atoms with van der Waals surface area (Å²) in [6.07, 6.45) is 1.47. The van der Waals surface area contributed by atoms with Crippen LogP contribution in [0.3, 0.4) is 0 Å². The van der Waals surface area contributed by atoms with Gasteiger partial charge in [0.25, 0.3) is 5.91 Å². The highest BCUT2D eigenvalue weighted by Gasteiger charge is 2.13. The number of halogens is 1. The molecule has 2 aromatic rings. The summed E-state index contributed by atoms with van der Waals surface area (Å²) in [7, 11) is 0. The molecule has 0 unspecified atom stereocenters. The molecule has 0 aliphatic carbocycles. The van der Waals surface area contributed by atoms with Gasteiger partial charge in [-0.25, -0.2) is 4.79 Å². The largest absolute Gasteiger partial charge is 0.478 e. The van der Waals surface area contributed by atoms with Gasteiger partial charge >= 0.3 is 5.97 Å². The van der Waals surface area contributed by atoms with Crippen molar-refractivity contribution in [3.05, 3.63) is 40.7 Å². The van der Waals surface area contributed by atoms with E-state index in [1.165, 1.54) is 29.1 Å². The number of aromatic carboxylic acids is 1. The number of amides is 1. The molecule has 0 radical (unpaired) electrons. The van der Waals surface area contributed by atoms with E-state index >= 15 is 0 Å². The number of benzene rings is 1. The third-order valence-electron chi connectivity index (χ3n) is 2.59. The van der Waals surface area contributed by atoms with E-state index in [1.54, 1.807) is 0 Å². The molecule has 0 atom stereocenters. The number of carboxylic acids is 1. The van der Waals surface area contributed by atoms with Gasteiger partial charge in [-0.1, -0.05) is 16.8 Å². The molecular weight excluding hydrogens is 298 g/mol. The lowest BCUT2D eigenvalue weighted by molar-refractivity contribution is 0.0697. The van der Waals surface area contributed by atoms with Crippen LogP contribution < -0.4 is 11.1 Å². The van der Waals surface area contributed by atoms with Gasteiger partial charge in [-0.2, -0.15) is 0 Å². The Morgan fingerprint density at radius 1 is 1.43 bits per heavy atom. The van der Waals surface area contributed by atoms with Crippen LogP contribution in [0.25, 0.3) is 0 Å². The van der Waals surface area contributed by atoms with Gasteiger partial charge in [0, 0.05) is 12.2 Å². The van der Waals surface area contributed by atoms with Crippen molar-refractivity contribution in [3.8, 4) is 0 Å². The Labute approximate surface area is 124 Å². The highest BCUT2D eigenvalue weighted by atomic mass is 35.5. The highest BCUT2D eigenvalue weighted by Crippen LogP contribution is 2.21. The number of rotatable bonds is 5. The number of hydrogen-bond acceptors (Lipinski definition) is 5. The zero-order valence-corrected chi connectivity index (χ0v) is 11.5. The molecule has 0 aliphatic rings. The van der Waals surface area contributed by atoms with E-state index < -0.39 is 11.9 Å². The van der Waals surface area contributed by atoms with E-state index in [2.05, 4.69) is 15.6 Å². The van der Waals surface area contributed by atoms with Crippen molar-refractivity contribution in [3.63, 3.8) is 0 Å². The van der Waals surface area contributed by atoms with Crippen LogP contribution in [0, 0.1) is 0 Å². The molecule has 4 N–H and O–H groups in total. The zero-order chi connectivity index (χ0) is 15.4. The Bertz CT molecular complexity index is 685. The minimum Gasteiger partial charge on any atom is -0.478 e. The summed E-state index contributed by atoms with van der Waals surface area (Å²) in [4.78, 5) is 22.8. The highest BCUT2D eigenvalue weighted by molar-refractivity contribution is 6.33. The van der Waals surface area contributed by atoms with E-state index in [-0.39, 0.29) is 16.3 Å². The van der Waals surface area contributed by atoms with Gasteiger partial charge < -0.3 is 16.2 Å². The van der Waals surface area contributed by atoms with Crippen molar-refractivity contribution in [1.82, 2.24) is 15.0 Å². The summed E-state index contributed by atoms with van der Waals surface area (Å²) in [5.41, 5.74) is 5.83. The zero-order valence-electron chi connectivity index (χ0n) is 10.8. The number of nitrogens with zero attached hydrogens (tertiary/aromatic N) is 3. The van der Waals surface area contributed by atoms with Crippen molar-refractivity contribution in [2.45, 2.75) is 6.54 Å². The molecule has 1 aromatic heterocycles. The Morgan fingerprint density at radius 2 is 2.19 bits per heavy atom. The smallest absolute Gasteiger partial charge is 0.337 e. The van der Waals surface area contributed by atoms with Gasteiger partial charge in [-0.15, -0.1) is 5.10 Å². The van der Waals surface area contributed by atoms with Gasteiger partial charge in [0.15, 0.2) is 5.69 Å². The molecule has 0 saturated carbocycles. The first-order valence-corrected chi connectivity index (χ1v) is 6.33. The summed E-state index contributed by atoms with van der Waals surface area (Å²) < 4.78 is 1.45. The summed E-state index contributed by atoms with van der Waals surface area (Å²) in [6.45, 7) is 0.843. The van der Waals surface area contributed by atoms with E-state index in [4.69, 9.17) is 22.4 Å². The van der Waals surface area contributed by atoms with E-state index in [0.717, 1.165) is 0 Å². The third kappa shape index (κ3) is 3.56. The van der Waals surface area contributed by atoms with Crippen LogP contribution in [0.1, 0.15) is 20.8 Å². The quantitative estimate of drug-likeness (QED) is 0.752. The molecule has 0 fully saturated rings. The Hall–Kier alpha value is -2.45. The maximum absolute atomic E-state index is 11.9. The lowest BCUT2D eigenvalue weighted by atomic mass is 10.2. The average molecular weight is 310 g/mol. The first-order valence-electron chi connectivity index (χ1n) is 5.95. The number of carbonyl (C=O) groups excluding carboxylic acids is 1. The van der Waals surface area contributed by atoms with Crippen LogP contribution >= 0.6 is 11.6 Å². The molecule has 0 aliphatic heterocycles. The molecule has 1 heterocycles. The van der Waals surface area contributed by atoms with Gasteiger partial charge in [0.1, 0.15) is 0 Å². The van der Waals surface area contributed by atoms with Crippen molar-refractivity contribution < 1.29 is 14.7 Å². The number of aromatic nitrogens is 3. The lowest BCUT2D eigenvalue weighted by Gasteiger charge is -2.05. The first-order chi connectivity index (χ1) is 10.0. The number of nitrogens with one attached hydrogen (secondary N) is 1.